The molecule has 1 fully saturated rings. The van der Waals surface area contributed by atoms with Crippen LogP contribution in [0.5, 0.6) is 0 Å². The molecule has 110 valence electrons. The molecule has 1 aliphatic heterocycles. The van der Waals surface area contributed by atoms with Gasteiger partial charge in [-0.2, -0.15) is 5.10 Å². The topological polar surface area (TPSA) is 61.9 Å². The maximum Gasteiger partial charge on any atom is 0.272 e. The molecule has 1 atom stereocenters. The number of nitrogens with one attached hydrogen (secondary N) is 1. The van der Waals surface area contributed by atoms with Crippen LogP contribution in [-0.2, 0) is 6.42 Å². The van der Waals surface area contributed by atoms with Crippen LogP contribution in [0.4, 0.5) is 0 Å². The maximum absolute atomic E-state index is 12.5. The molecule has 5 nitrogen and oxygen atoms in total. The number of likely N-dealkylation sites (tertiary alicyclic amines) is 1. The summed E-state index contributed by atoms with van der Waals surface area (Å²) < 4.78 is 0. The predicted molar refractivity (Wildman–Crippen MR) is 79.9 cm³/mol. The van der Waals surface area contributed by atoms with E-state index in [2.05, 4.69) is 15.2 Å². The second-order valence-electron chi connectivity index (χ2n) is 5.71. The fraction of sp³-hybridized carbons (Fsp3) is 0.438. The standard InChI is InChI=1S/C16H20N4O/c1-12-4-2-6-15(18-12)16(21)20-9-3-5-13(11-20)10-14-7-8-17-19-14/h2,4,6-8,13H,3,5,9-11H2,1H3,(H,17,19). The lowest BCUT2D eigenvalue weighted by Gasteiger charge is -2.32. The third-order valence-electron chi connectivity index (χ3n) is 3.98. The van der Waals surface area contributed by atoms with E-state index in [9.17, 15) is 4.79 Å². The van der Waals surface area contributed by atoms with E-state index >= 15 is 0 Å². The summed E-state index contributed by atoms with van der Waals surface area (Å²) >= 11 is 0. The quantitative estimate of drug-likeness (QED) is 0.940. The van der Waals surface area contributed by atoms with E-state index < -0.39 is 0 Å². The first-order valence-electron chi connectivity index (χ1n) is 7.43. The van der Waals surface area contributed by atoms with E-state index in [1.165, 1.54) is 0 Å². The van der Waals surface area contributed by atoms with Gasteiger partial charge in [-0.3, -0.25) is 9.89 Å². The van der Waals surface area contributed by atoms with Crippen molar-refractivity contribution in [3.63, 3.8) is 0 Å². The first kappa shape index (κ1) is 13.8. The first-order chi connectivity index (χ1) is 10.2. The number of rotatable bonds is 3. The number of pyridine rings is 1. The number of carbonyl (C=O) groups excluding carboxylic acids is 1. The summed E-state index contributed by atoms with van der Waals surface area (Å²) in [5.74, 6) is 0.543. The fourth-order valence-electron chi connectivity index (χ4n) is 2.95. The van der Waals surface area contributed by atoms with Crippen LogP contribution in [0.25, 0.3) is 0 Å². The van der Waals surface area contributed by atoms with Crippen LogP contribution in [-0.4, -0.2) is 39.1 Å². The molecule has 0 saturated carbocycles. The summed E-state index contributed by atoms with van der Waals surface area (Å²) in [6.45, 7) is 3.54. The fourth-order valence-corrected chi connectivity index (χ4v) is 2.95. The Labute approximate surface area is 124 Å². The van der Waals surface area contributed by atoms with E-state index in [4.69, 9.17) is 0 Å². The van der Waals surface area contributed by atoms with Gasteiger partial charge in [0.15, 0.2) is 0 Å². The molecule has 5 heteroatoms. The lowest BCUT2D eigenvalue weighted by atomic mass is 9.93. The van der Waals surface area contributed by atoms with Crippen LogP contribution in [0.2, 0.25) is 0 Å². The number of hydrogen-bond donors (Lipinski definition) is 1. The van der Waals surface area contributed by atoms with Gasteiger partial charge >= 0.3 is 0 Å². The molecule has 1 N–H and O–H groups in total. The van der Waals surface area contributed by atoms with Crippen LogP contribution in [0, 0.1) is 12.8 Å². The zero-order valence-corrected chi connectivity index (χ0v) is 12.2. The maximum atomic E-state index is 12.5. The Balaban J connectivity index is 1.66. The Hall–Kier alpha value is -2.17. The van der Waals surface area contributed by atoms with E-state index in [1.807, 2.05) is 30.0 Å². The van der Waals surface area contributed by atoms with E-state index in [1.54, 1.807) is 12.3 Å². The Morgan fingerprint density at radius 3 is 3.10 bits per heavy atom. The molecule has 0 spiro atoms. The molecule has 1 saturated heterocycles. The van der Waals surface area contributed by atoms with Gasteiger partial charge in [0.1, 0.15) is 5.69 Å². The van der Waals surface area contributed by atoms with Crippen molar-refractivity contribution < 1.29 is 4.79 Å². The van der Waals surface area contributed by atoms with Crippen molar-refractivity contribution in [1.29, 1.82) is 0 Å². The van der Waals surface area contributed by atoms with Crippen molar-refractivity contribution >= 4 is 5.91 Å². The Kier molecular flexibility index (Phi) is 3.99. The zero-order chi connectivity index (χ0) is 14.7. The SMILES string of the molecule is Cc1cccc(C(=O)N2CCCC(Cc3ccn[nH]3)C2)n1. The summed E-state index contributed by atoms with van der Waals surface area (Å²) in [6, 6.07) is 7.60. The molecule has 3 heterocycles. The average Bonchev–Trinajstić information content (AvgIpc) is 3.00. The molecule has 0 bridgehead atoms. The van der Waals surface area contributed by atoms with E-state index in [-0.39, 0.29) is 5.91 Å². The molecule has 0 aromatic carbocycles. The number of hydrogen-bond acceptors (Lipinski definition) is 3. The molecule has 0 radical (unpaired) electrons. The number of aromatic nitrogens is 3. The van der Waals surface area contributed by atoms with Gasteiger partial charge < -0.3 is 4.90 Å². The van der Waals surface area contributed by atoms with Gasteiger partial charge in [-0.05, 0) is 50.3 Å². The average molecular weight is 284 g/mol. The van der Waals surface area contributed by atoms with Crippen molar-refractivity contribution in [3.05, 3.63) is 47.5 Å². The van der Waals surface area contributed by atoms with Crippen molar-refractivity contribution in [1.82, 2.24) is 20.1 Å². The van der Waals surface area contributed by atoms with E-state index in [0.717, 1.165) is 43.7 Å². The highest BCUT2D eigenvalue weighted by Gasteiger charge is 2.25. The number of aryl methyl sites for hydroxylation is 1. The first-order valence-corrected chi connectivity index (χ1v) is 7.43. The van der Waals surface area contributed by atoms with Crippen molar-refractivity contribution in [2.75, 3.05) is 13.1 Å². The second kappa shape index (κ2) is 6.08. The second-order valence-corrected chi connectivity index (χ2v) is 5.71. The molecule has 2 aromatic heterocycles. The van der Waals surface area contributed by atoms with Crippen LogP contribution in [0.15, 0.2) is 30.5 Å². The van der Waals surface area contributed by atoms with Gasteiger partial charge in [0, 0.05) is 30.7 Å². The van der Waals surface area contributed by atoms with E-state index in [0.29, 0.717) is 11.6 Å². The summed E-state index contributed by atoms with van der Waals surface area (Å²) in [5.41, 5.74) is 2.58. The summed E-state index contributed by atoms with van der Waals surface area (Å²) in [7, 11) is 0. The van der Waals surface area contributed by atoms with Crippen molar-refractivity contribution in [3.8, 4) is 0 Å². The van der Waals surface area contributed by atoms with Gasteiger partial charge in [0.25, 0.3) is 5.91 Å². The number of H-pyrrole nitrogens is 1. The zero-order valence-electron chi connectivity index (χ0n) is 12.2. The Bertz CT molecular complexity index is 608. The molecule has 1 aliphatic rings. The van der Waals surface area contributed by atoms with Crippen LogP contribution >= 0.6 is 0 Å². The summed E-state index contributed by atoms with van der Waals surface area (Å²) in [6.07, 6.45) is 4.93. The van der Waals surface area contributed by atoms with Gasteiger partial charge in [-0.15, -0.1) is 0 Å². The number of nitrogens with zero attached hydrogens (tertiary/aromatic N) is 3. The third-order valence-corrected chi connectivity index (χ3v) is 3.98. The van der Waals surface area contributed by atoms with Gasteiger partial charge in [0.2, 0.25) is 0 Å². The highest BCUT2D eigenvalue weighted by Crippen LogP contribution is 2.21. The summed E-state index contributed by atoms with van der Waals surface area (Å²) in [4.78, 5) is 18.8. The number of aromatic amines is 1. The van der Waals surface area contributed by atoms with Crippen molar-refractivity contribution in [2.45, 2.75) is 26.2 Å². The molecule has 2 aromatic rings. The molecule has 3 rings (SSSR count). The summed E-state index contributed by atoms with van der Waals surface area (Å²) in [5, 5.41) is 6.99. The molecular formula is C16H20N4O. The minimum atomic E-state index is 0.0491. The Morgan fingerprint density at radius 1 is 1.43 bits per heavy atom. The smallest absolute Gasteiger partial charge is 0.272 e. The highest BCUT2D eigenvalue weighted by atomic mass is 16.2. The number of piperidine rings is 1. The monoisotopic (exact) mass is 284 g/mol. The van der Waals surface area contributed by atoms with Crippen LogP contribution in [0.1, 0.15) is 34.7 Å². The van der Waals surface area contributed by atoms with Crippen LogP contribution < -0.4 is 0 Å². The predicted octanol–water partition coefficient (Wildman–Crippen LogP) is 2.21. The highest BCUT2D eigenvalue weighted by molar-refractivity contribution is 5.92. The Morgan fingerprint density at radius 2 is 2.33 bits per heavy atom. The van der Waals surface area contributed by atoms with Gasteiger partial charge in [-0.1, -0.05) is 6.07 Å². The lowest BCUT2D eigenvalue weighted by molar-refractivity contribution is 0.0666. The number of carbonyl (C=O) groups is 1. The molecule has 0 aliphatic carbocycles. The van der Waals surface area contributed by atoms with Crippen LogP contribution in [0.3, 0.4) is 0 Å². The minimum Gasteiger partial charge on any atom is -0.337 e. The third kappa shape index (κ3) is 3.29. The minimum absolute atomic E-state index is 0.0491. The molecular weight excluding hydrogens is 264 g/mol. The number of amides is 1. The van der Waals surface area contributed by atoms with Gasteiger partial charge in [0.05, 0.1) is 0 Å². The largest absolute Gasteiger partial charge is 0.337 e. The molecule has 21 heavy (non-hydrogen) atoms. The van der Waals surface area contributed by atoms with Crippen molar-refractivity contribution in [2.24, 2.45) is 5.92 Å². The molecule has 1 unspecified atom stereocenters. The van der Waals surface area contributed by atoms with Gasteiger partial charge in [-0.25, -0.2) is 4.98 Å². The normalized spacial score (nSPS) is 18.7. The lowest BCUT2D eigenvalue weighted by Crippen LogP contribution is -2.40. The molecule has 1 amide bonds.